The van der Waals surface area contributed by atoms with Crippen LogP contribution in [0.15, 0.2) is 0 Å². The predicted molar refractivity (Wildman–Crippen MR) is 37.0 cm³/mol. The molecule has 0 aliphatic rings. The number of carbonyl (C=O) groups excluding carboxylic acids is 2. The molecule has 0 saturated heterocycles. The summed E-state index contributed by atoms with van der Waals surface area (Å²) in [6.07, 6.45) is 0. The number of Topliss-reactive ketones (excluding diaryl/α,β-unsaturated/α-hetero) is 1. The molecule has 10 heavy (non-hydrogen) atoms. The highest BCUT2D eigenvalue weighted by molar-refractivity contribution is 5.88. The second-order valence-corrected chi connectivity index (χ2v) is 2.33. The van der Waals surface area contributed by atoms with Crippen LogP contribution in [0.5, 0.6) is 0 Å². The predicted octanol–water partition coefficient (Wildman–Crippen LogP) is -0.976. The molecule has 0 saturated carbocycles. The van der Waals surface area contributed by atoms with Crippen molar-refractivity contribution in [1.29, 1.82) is 0 Å². The van der Waals surface area contributed by atoms with Crippen molar-refractivity contribution in [3.05, 3.63) is 0 Å². The zero-order chi connectivity index (χ0) is 8.31. The second kappa shape index (κ2) is 3.31. The molecule has 0 aliphatic heterocycles. The minimum absolute atomic E-state index is 0.119. The van der Waals surface area contributed by atoms with Gasteiger partial charge in [-0.05, 0) is 6.92 Å². The Morgan fingerprint density at radius 3 is 1.90 bits per heavy atom. The Kier molecular flexibility index (Phi) is 3.02. The summed E-state index contributed by atoms with van der Waals surface area (Å²) in [7, 11) is 0. The Hall–Kier alpha value is -0.900. The molecule has 2 atom stereocenters. The monoisotopic (exact) mass is 144 g/mol. The number of amides is 1. The van der Waals surface area contributed by atoms with Crippen LogP contribution in [0.2, 0.25) is 0 Å². The van der Waals surface area contributed by atoms with Gasteiger partial charge in [0.1, 0.15) is 5.78 Å². The molecule has 0 fully saturated rings. The molecule has 0 spiro atoms. The third-order valence-electron chi connectivity index (χ3n) is 1.51. The van der Waals surface area contributed by atoms with Crippen molar-refractivity contribution < 1.29 is 9.59 Å². The van der Waals surface area contributed by atoms with Crippen molar-refractivity contribution in [2.45, 2.75) is 19.9 Å². The molecule has 0 aromatic heterocycles. The van der Waals surface area contributed by atoms with Crippen LogP contribution in [0.3, 0.4) is 0 Å². The molecule has 0 aromatic rings. The van der Waals surface area contributed by atoms with Crippen LogP contribution >= 0.6 is 0 Å². The first-order chi connectivity index (χ1) is 4.46. The molecule has 0 aliphatic carbocycles. The highest BCUT2D eigenvalue weighted by atomic mass is 16.1. The first-order valence-electron chi connectivity index (χ1n) is 3.02. The van der Waals surface area contributed by atoms with Crippen molar-refractivity contribution >= 4 is 11.7 Å². The molecule has 0 rings (SSSR count). The highest BCUT2D eigenvalue weighted by Crippen LogP contribution is 2.00. The Morgan fingerprint density at radius 1 is 1.40 bits per heavy atom. The number of nitrogens with two attached hydrogens (primary N) is 2. The van der Waals surface area contributed by atoms with E-state index in [4.69, 9.17) is 11.5 Å². The van der Waals surface area contributed by atoms with Crippen molar-refractivity contribution in [2.24, 2.45) is 17.4 Å². The molecular formula is C6H12N2O2. The lowest BCUT2D eigenvalue weighted by Gasteiger charge is -2.12. The number of hydrogen-bond acceptors (Lipinski definition) is 3. The number of rotatable bonds is 3. The van der Waals surface area contributed by atoms with E-state index in [1.807, 2.05) is 0 Å². The van der Waals surface area contributed by atoms with E-state index in [2.05, 4.69) is 0 Å². The Labute approximate surface area is 59.6 Å². The highest BCUT2D eigenvalue weighted by Gasteiger charge is 2.21. The van der Waals surface area contributed by atoms with E-state index in [1.165, 1.54) is 6.92 Å². The smallest absolute Gasteiger partial charge is 0.235 e. The normalized spacial score (nSPS) is 15.9. The summed E-state index contributed by atoms with van der Waals surface area (Å²) in [5, 5.41) is 0. The van der Waals surface area contributed by atoms with Gasteiger partial charge in [-0.3, -0.25) is 9.59 Å². The Balaban J connectivity index is 4.07. The van der Waals surface area contributed by atoms with Crippen LogP contribution < -0.4 is 11.5 Å². The zero-order valence-electron chi connectivity index (χ0n) is 6.13. The standard InChI is InChI=1S/C6H12N2O2/c1-3(4(2)9)5(7)6(8)10/h3,5H,7H2,1-2H3,(H2,8,10). The van der Waals surface area contributed by atoms with Gasteiger partial charge in [0.2, 0.25) is 5.91 Å². The summed E-state index contributed by atoms with van der Waals surface area (Å²) in [6.45, 7) is 2.96. The molecule has 58 valence electrons. The minimum atomic E-state index is -0.850. The first-order valence-corrected chi connectivity index (χ1v) is 3.02. The van der Waals surface area contributed by atoms with E-state index in [0.29, 0.717) is 0 Å². The van der Waals surface area contributed by atoms with E-state index in [1.54, 1.807) is 6.92 Å². The zero-order valence-corrected chi connectivity index (χ0v) is 6.13. The van der Waals surface area contributed by atoms with Crippen LogP contribution in [0, 0.1) is 5.92 Å². The van der Waals surface area contributed by atoms with Gasteiger partial charge in [0.15, 0.2) is 0 Å². The second-order valence-electron chi connectivity index (χ2n) is 2.33. The van der Waals surface area contributed by atoms with E-state index in [9.17, 15) is 9.59 Å². The lowest BCUT2D eigenvalue weighted by Crippen LogP contribution is -2.43. The molecule has 0 heterocycles. The van der Waals surface area contributed by atoms with Gasteiger partial charge in [-0.2, -0.15) is 0 Å². The summed E-state index contributed by atoms with van der Waals surface area (Å²) in [6, 6.07) is -0.850. The fourth-order valence-electron chi connectivity index (χ4n) is 0.499. The topological polar surface area (TPSA) is 86.2 Å². The third-order valence-corrected chi connectivity index (χ3v) is 1.51. The molecule has 4 N–H and O–H groups in total. The molecule has 4 heteroatoms. The lowest BCUT2D eigenvalue weighted by atomic mass is 9.99. The van der Waals surface area contributed by atoms with E-state index < -0.39 is 17.9 Å². The van der Waals surface area contributed by atoms with Gasteiger partial charge in [-0.1, -0.05) is 6.92 Å². The average Bonchev–Trinajstić information content (AvgIpc) is 1.84. The Bertz CT molecular complexity index is 138. The van der Waals surface area contributed by atoms with Crippen LogP contribution in [-0.4, -0.2) is 17.7 Å². The van der Waals surface area contributed by atoms with Crippen LogP contribution in [0.1, 0.15) is 13.8 Å². The molecule has 1 amide bonds. The first kappa shape index (κ1) is 9.10. The van der Waals surface area contributed by atoms with Gasteiger partial charge in [-0.15, -0.1) is 0 Å². The van der Waals surface area contributed by atoms with E-state index in [-0.39, 0.29) is 5.78 Å². The van der Waals surface area contributed by atoms with E-state index in [0.717, 1.165) is 0 Å². The summed E-state index contributed by atoms with van der Waals surface area (Å²) in [5.41, 5.74) is 10.1. The van der Waals surface area contributed by atoms with Crippen LogP contribution in [-0.2, 0) is 9.59 Å². The van der Waals surface area contributed by atoms with Crippen molar-refractivity contribution in [1.82, 2.24) is 0 Å². The third kappa shape index (κ3) is 2.14. The molecule has 0 aromatic carbocycles. The van der Waals surface area contributed by atoms with Crippen molar-refractivity contribution in [3.63, 3.8) is 0 Å². The van der Waals surface area contributed by atoms with Gasteiger partial charge in [0.05, 0.1) is 6.04 Å². The molecule has 0 radical (unpaired) electrons. The largest absolute Gasteiger partial charge is 0.368 e. The molecule has 2 unspecified atom stereocenters. The number of primary amides is 1. The quantitative estimate of drug-likeness (QED) is 0.534. The molecular weight excluding hydrogens is 132 g/mol. The maximum Gasteiger partial charge on any atom is 0.235 e. The average molecular weight is 144 g/mol. The summed E-state index contributed by atoms with van der Waals surface area (Å²) < 4.78 is 0. The van der Waals surface area contributed by atoms with Gasteiger partial charge in [0, 0.05) is 5.92 Å². The fourth-order valence-corrected chi connectivity index (χ4v) is 0.499. The fraction of sp³-hybridized carbons (Fsp3) is 0.667. The summed E-state index contributed by atoms with van der Waals surface area (Å²) in [5.74, 6) is -1.23. The maximum absolute atomic E-state index is 10.6. The lowest BCUT2D eigenvalue weighted by molar-refractivity contribution is -0.127. The summed E-state index contributed by atoms with van der Waals surface area (Å²) in [4.78, 5) is 21.0. The van der Waals surface area contributed by atoms with E-state index >= 15 is 0 Å². The van der Waals surface area contributed by atoms with Crippen LogP contribution in [0.25, 0.3) is 0 Å². The summed E-state index contributed by atoms with van der Waals surface area (Å²) >= 11 is 0. The maximum atomic E-state index is 10.6. The van der Waals surface area contributed by atoms with Gasteiger partial charge in [-0.25, -0.2) is 0 Å². The number of carbonyl (C=O) groups is 2. The number of ketones is 1. The Morgan fingerprint density at radius 2 is 1.80 bits per heavy atom. The van der Waals surface area contributed by atoms with Crippen molar-refractivity contribution in [2.75, 3.05) is 0 Å². The van der Waals surface area contributed by atoms with Crippen molar-refractivity contribution in [3.8, 4) is 0 Å². The number of hydrogen-bond donors (Lipinski definition) is 2. The van der Waals surface area contributed by atoms with Gasteiger partial charge >= 0.3 is 0 Å². The van der Waals surface area contributed by atoms with Crippen LogP contribution in [0.4, 0.5) is 0 Å². The van der Waals surface area contributed by atoms with Gasteiger partial charge in [0.25, 0.3) is 0 Å². The SMILES string of the molecule is CC(=O)C(C)C(N)C(N)=O. The minimum Gasteiger partial charge on any atom is -0.368 e. The molecule has 4 nitrogen and oxygen atoms in total. The molecule has 0 bridgehead atoms. The van der Waals surface area contributed by atoms with Gasteiger partial charge < -0.3 is 11.5 Å².